The van der Waals surface area contributed by atoms with Crippen LogP contribution in [0.1, 0.15) is 63.9 Å². The third kappa shape index (κ3) is 6.90. The first kappa shape index (κ1) is 27.6. The number of nitrogens with two attached hydrogens (primary N) is 1. The Morgan fingerprint density at radius 1 is 1.05 bits per heavy atom. The Hall–Kier alpha value is -2.45. The number of carbonyl (C=O) groups is 3. The zero-order chi connectivity index (χ0) is 26.3. The largest absolute Gasteiger partial charge is 0.381 e. The summed E-state index contributed by atoms with van der Waals surface area (Å²) >= 11 is 0. The van der Waals surface area contributed by atoms with Gasteiger partial charge in [0.25, 0.3) is 0 Å². The van der Waals surface area contributed by atoms with Crippen molar-refractivity contribution in [2.45, 2.75) is 64.7 Å². The van der Waals surface area contributed by atoms with E-state index in [1.165, 1.54) is 4.90 Å². The third-order valence-electron chi connectivity index (χ3n) is 8.88. The first-order chi connectivity index (χ1) is 17.8. The van der Waals surface area contributed by atoms with E-state index in [4.69, 9.17) is 10.5 Å². The van der Waals surface area contributed by atoms with Gasteiger partial charge in [-0.1, -0.05) is 50.1 Å². The molecule has 3 aliphatic rings. The van der Waals surface area contributed by atoms with Gasteiger partial charge in [-0.25, -0.2) is 4.79 Å². The summed E-state index contributed by atoms with van der Waals surface area (Å²) in [5.41, 5.74) is 5.49. The number of hydrogen-bond acceptors (Lipinski definition) is 5. The molecule has 8 heteroatoms. The summed E-state index contributed by atoms with van der Waals surface area (Å²) in [4.78, 5) is 43.4. The van der Waals surface area contributed by atoms with Gasteiger partial charge in [0.2, 0.25) is 11.8 Å². The number of ether oxygens (including phenoxy) is 1. The molecule has 2 aliphatic heterocycles. The van der Waals surface area contributed by atoms with Gasteiger partial charge in [0.05, 0.1) is 0 Å². The molecule has 3 N–H and O–H groups in total. The summed E-state index contributed by atoms with van der Waals surface area (Å²) in [5.74, 6) is -0.339. The number of carbonyl (C=O) groups excluding carboxylic acids is 3. The van der Waals surface area contributed by atoms with Crippen molar-refractivity contribution in [1.82, 2.24) is 15.1 Å². The summed E-state index contributed by atoms with van der Waals surface area (Å²) in [6.45, 7) is 7.86. The lowest BCUT2D eigenvalue weighted by atomic mass is 9.80. The molecule has 1 aliphatic carbocycles. The van der Waals surface area contributed by atoms with Crippen LogP contribution in [0, 0.1) is 16.7 Å². The van der Waals surface area contributed by atoms with E-state index in [0.29, 0.717) is 25.8 Å². The monoisotopic (exact) mass is 512 g/mol. The molecular weight excluding hydrogens is 468 g/mol. The van der Waals surface area contributed by atoms with Crippen molar-refractivity contribution < 1.29 is 19.1 Å². The maximum Gasteiger partial charge on any atom is 0.324 e. The van der Waals surface area contributed by atoms with Crippen LogP contribution in [0.5, 0.6) is 0 Å². The van der Waals surface area contributed by atoms with Crippen molar-refractivity contribution in [1.29, 1.82) is 0 Å². The second-order valence-corrected chi connectivity index (χ2v) is 11.7. The molecule has 1 aromatic carbocycles. The highest BCUT2D eigenvalue weighted by Gasteiger charge is 2.50. The molecule has 2 saturated heterocycles. The van der Waals surface area contributed by atoms with Crippen molar-refractivity contribution in [2.24, 2.45) is 22.5 Å². The minimum absolute atomic E-state index is 0.0231. The normalized spacial score (nSPS) is 21.9. The minimum atomic E-state index is -1.27. The number of likely N-dealkylation sites (tertiary alicyclic amines) is 1. The van der Waals surface area contributed by atoms with Gasteiger partial charge in [-0.3, -0.25) is 14.5 Å². The molecule has 37 heavy (non-hydrogen) atoms. The van der Waals surface area contributed by atoms with Crippen molar-refractivity contribution in [2.75, 3.05) is 45.9 Å². The standard InChI is InChI=1S/C29H44N4O4/c1-28(14-17-32(18-15-28)21-24-10-19-37-20-11-24)22-31-27(36)33(16-9-23-7-3-2-4-8-23)26(35)29(25(30)34)12-5-6-13-29/h2-4,7-8,24H,5-6,9-22H2,1H3,(H2,30,34)(H,31,36). The lowest BCUT2D eigenvalue weighted by Gasteiger charge is -2.41. The summed E-state index contributed by atoms with van der Waals surface area (Å²) in [6, 6.07) is 9.37. The Morgan fingerprint density at radius 2 is 1.70 bits per heavy atom. The van der Waals surface area contributed by atoms with Crippen LogP contribution in [0.4, 0.5) is 4.79 Å². The molecule has 2 heterocycles. The van der Waals surface area contributed by atoms with Crippen molar-refractivity contribution >= 4 is 17.8 Å². The molecule has 204 valence electrons. The number of benzene rings is 1. The van der Waals surface area contributed by atoms with E-state index in [0.717, 1.165) is 82.9 Å². The highest BCUT2D eigenvalue weighted by molar-refractivity contribution is 6.09. The highest BCUT2D eigenvalue weighted by atomic mass is 16.5. The maximum absolute atomic E-state index is 13.7. The number of hydrogen-bond donors (Lipinski definition) is 2. The lowest BCUT2D eigenvalue weighted by molar-refractivity contribution is -0.146. The van der Waals surface area contributed by atoms with E-state index >= 15 is 0 Å². The predicted molar refractivity (Wildman–Crippen MR) is 143 cm³/mol. The van der Waals surface area contributed by atoms with Crippen LogP contribution in [0.3, 0.4) is 0 Å². The Balaban J connectivity index is 1.36. The summed E-state index contributed by atoms with van der Waals surface area (Å²) in [6.07, 6.45) is 7.18. The van der Waals surface area contributed by atoms with E-state index < -0.39 is 23.3 Å². The third-order valence-corrected chi connectivity index (χ3v) is 8.88. The quantitative estimate of drug-likeness (QED) is 0.494. The Bertz CT molecular complexity index is 917. The number of nitrogens with one attached hydrogen (secondary N) is 1. The van der Waals surface area contributed by atoms with Crippen LogP contribution >= 0.6 is 0 Å². The Labute approximate surface area is 221 Å². The SMILES string of the molecule is CC1(CNC(=O)N(CCc2ccccc2)C(=O)C2(C(N)=O)CCCC2)CCN(CC2CCOCC2)CC1. The van der Waals surface area contributed by atoms with E-state index in [-0.39, 0.29) is 12.0 Å². The van der Waals surface area contributed by atoms with Gasteiger partial charge in [-0.05, 0) is 74.9 Å². The zero-order valence-corrected chi connectivity index (χ0v) is 22.4. The number of primary amides is 1. The number of rotatable bonds is 9. The van der Waals surface area contributed by atoms with Crippen LogP contribution in [0.25, 0.3) is 0 Å². The Morgan fingerprint density at radius 3 is 2.32 bits per heavy atom. The van der Waals surface area contributed by atoms with Crippen LogP contribution in [-0.2, 0) is 20.7 Å². The molecule has 1 saturated carbocycles. The zero-order valence-electron chi connectivity index (χ0n) is 22.4. The second-order valence-electron chi connectivity index (χ2n) is 11.7. The molecule has 8 nitrogen and oxygen atoms in total. The van der Waals surface area contributed by atoms with Gasteiger partial charge in [0.15, 0.2) is 0 Å². The molecule has 0 unspecified atom stereocenters. The second kappa shape index (κ2) is 12.4. The van der Waals surface area contributed by atoms with Crippen LogP contribution in [-0.4, -0.2) is 73.6 Å². The van der Waals surface area contributed by atoms with Crippen molar-refractivity contribution in [3.63, 3.8) is 0 Å². The number of piperidine rings is 1. The van der Waals surface area contributed by atoms with Crippen LogP contribution in [0.15, 0.2) is 30.3 Å². The topological polar surface area (TPSA) is 105 Å². The molecule has 0 aromatic heterocycles. The van der Waals surface area contributed by atoms with Gasteiger partial charge < -0.3 is 20.7 Å². The molecule has 0 atom stereocenters. The molecule has 4 amide bonds. The van der Waals surface area contributed by atoms with Crippen LogP contribution in [0.2, 0.25) is 0 Å². The summed E-state index contributed by atoms with van der Waals surface area (Å²) < 4.78 is 5.49. The van der Waals surface area contributed by atoms with Crippen molar-refractivity contribution in [3.05, 3.63) is 35.9 Å². The Kier molecular flexibility index (Phi) is 9.24. The molecule has 4 rings (SSSR count). The molecule has 3 fully saturated rings. The number of nitrogens with zero attached hydrogens (tertiary/aromatic N) is 2. The summed E-state index contributed by atoms with van der Waals surface area (Å²) in [7, 11) is 0. The van der Waals surface area contributed by atoms with Gasteiger partial charge in [0.1, 0.15) is 5.41 Å². The van der Waals surface area contributed by atoms with E-state index in [1.54, 1.807) is 0 Å². The predicted octanol–water partition coefficient (Wildman–Crippen LogP) is 3.34. The fraction of sp³-hybridized carbons (Fsp3) is 0.690. The number of amides is 4. The first-order valence-electron chi connectivity index (χ1n) is 14.1. The lowest BCUT2D eigenvalue weighted by Crippen LogP contribution is -2.56. The first-order valence-corrected chi connectivity index (χ1v) is 14.1. The molecule has 0 spiro atoms. The van der Waals surface area contributed by atoms with E-state index in [9.17, 15) is 14.4 Å². The average Bonchev–Trinajstić information content (AvgIpc) is 3.42. The minimum Gasteiger partial charge on any atom is -0.381 e. The maximum atomic E-state index is 13.7. The fourth-order valence-corrected chi connectivity index (χ4v) is 6.11. The highest BCUT2D eigenvalue weighted by Crippen LogP contribution is 2.40. The van der Waals surface area contributed by atoms with Crippen molar-refractivity contribution in [3.8, 4) is 0 Å². The average molecular weight is 513 g/mol. The van der Waals surface area contributed by atoms with Gasteiger partial charge >= 0.3 is 6.03 Å². The molecule has 0 bridgehead atoms. The molecular formula is C29H44N4O4. The van der Waals surface area contributed by atoms with Gasteiger partial charge in [-0.2, -0.15) is 0 Å². The van der Waals surface area contributed by atoms with E-state index in [1.807, 2.05) is 30.3 Å². The fourth-order valence-electron chi connectivity index (χ4n) is 6.11. The number of imide groups is 1. The van der Waals surface area contributed by atoms with Gasteiger partial charge in [-0.15, -0.1) is 0 Å². The van der Waals surface area contributed by atoms with E-state index in [2.05, 4.69) is 17.1 Å². The molecule has 0 radical (unpaired) electrons. The molecule has 1 aromatic rings. The van der Waals surface area contributed by atoms with Crippen LogP contribution < -0.4 is 11.1 Å². The van der Waals surface area contributed by atoms with Gasteiger partial charge in [0, 0.05) is 32.8 Å². The smallest absolute Gasteiger partial charge is 0.324 e. The number of urea groups is 1. The summed E-state index contributed by atoms with van der Waals surface area (Å²) in [5, 5.41) is 3.06.